The molecule has 0 fully saturated rings. The Labute approximate surface area is 82.5 Å². The molecule has 0 aromatic carbocycles. The minimum absolute atomic E-state index is 0.0144. The molecule has 0 aliphatic heterocycles. The van der Waals surface area contributed by atoms with Gasteiger partial charge in [0, 0.05) is 11.6 Å². The molecule has 0 unspecified atom stereocenters. The Morgan fingerprint density at radius 3 is 2.62 bits per heavy atom. The molecule has 1 heterocycles. The van der Waals surface area contributed by atoms with Gasteiger partial charge in [-0.25, -0.2) is 0 Å². The number of rotatable bonds is 2. The molecule has 0 saturated carbocycles. The Morgan fingerprint density at radius 2 is 2.15 bits per heavy atom. The van der Waals surface area contributed by atoms with Gasteiger partial charge in [-0.3, -0.25) is 0 Å². The molecule has 1 rings (SSSR count). The second-order valence-electron chi connectivity index (χ2n) is 3.73. The van der Waals surface area contributed by atoms with Gasteiger partial charge >= 0.3 is 0 Å². The van der Waals surface area contributed by atoms with Crippen LogP contribution in [0, 0.1) is 0 Å². The normalized spacial score (nSPS) is 15.5. The van der Waals surface area contributed by atoms with E-state index in [1.807, 2.05) is 20.8 Å². The number of aromatic nitrogens is 2. The van der Waals surface area contributed by atoms with Crippen molar-refractivity contribution in [3.05, 3.63) is 12.1 Å². The van der Waals surface area contributed by atoms with Crippen LogP contribution < -0.4 is 10.1 Å². The molecule has 4 heteroatoms. The fourth-order valence-corrected chi connectivity index (χ4v) is 0.825. The molecule has 72 valence electrons. The summed E-state index contributed by atoms with van der Waals surface area (Å²) in [6, 6.07) is 3.09. The molecule has 0 aliphatic rings. The predicted molar refractivity (Wildman–Crippen MR) is 52.0 cm³/mol. The summed E-state index contributed by atoms with van der Waals surface area (Å²) in [5.74, 6) is 0.560. The topological polar surface area (TPSA) is 47.0 Å². The van der Waals surface area contributed by atoms with E-state index in [-0.39, 0.29) is 11.4 Å². The van der Waals surface area contributed by atoms with Gasteiger partial charge in [-0.15, -0.1) is 10.2 Å². The van der Waals surface area contributed by atoms with Gasteiger partial charge in [0.1, 0.15) is 5.82 Å². The summed E-state index contributed by atoms with van der Waals surface area (Å²) in [6.07, 6.45) is 0. The molecule has 1 N–H and O–H groups in total. The first-order chi connectivity index (χ1) is 7.16. The van der Waals surface area contributed by atoms with Gasteiger partial charge in [-0.05, 0) is 26.8 Å². The van der Waals surface area contributed by atoms with E-state index in [2.05, 4.69) is 20.3 Å². The van der Waals surface area contributed by atoms with Crippen LogP contribution in [0.15, 0.2) is 12.1 Å². The third kappa shape index (κ3) is 3.27. The van der Waals surface area contributed by atoms with Crippen molar-refractivity contribution < 1.29 is 8.85 Å². The zero-order chi connectivity index (χ0) is 12.4. The van der Waals surface area contributed by atoms with Crippen LogP contribution >= 0.6 is 0 Å². The monoisotopic (exact) mass is 184 g/mol. The fourth-order valence-electron chi connectivity index (χ4n) is 0.825. The molecule has 0 spiro atoms. The van der Waals surface area contributed by atoms with Crippen LogP contribution in [0.5, 0.6) is 5.88 Å². The van der Waals surface area contributed by atoms with E-state index in [4.69, 9.17) is 4.11 Å². The quantitative estimate of drug-likeness (QED) is 0.760. The second kappa shape index (κ2) is 3.60. The summed E-state index contributed by atoms with van der Waals surface area (Å²) in [7, 11) is -2.49. The summed E-state index contributed by atoms with van der Waals surface area (Å²) < 4.78 is 25.3. The number of methoxy groups -OCH3 is 1. The average Bonchev–Trinajstić information content (AvgIpc) is 2.03. The molecule has 0 aliphatic carbocycles. The third-order valence-corrected chi connectivity index (χ3v) is 1.25. The molecule has 13 heavy (non-hydrogen) atoms. The molecule has 1 aromatic heterocycles. The lowest BCUT2D eigenvalue weighted by molar-refractivity contribution is 0.392. The van der Waals surface area contributed by atoms with Crippen molar-refractivity contribution in [2.45, 2.75) is 26.3 Å². The van der Waals surface area contributed by atoms with Crippen molar-refractivity contribution in [2.75, 3.05) is 12.4 Å². The van der Waals surface area contributed by atoms with Crippen molar-refractivity contribution in [2.24, 2.45) is 0 Å². The molecule has 0 bridgehead atoms. The Kier molecular flexibility index (Phi) is 1.71. The lowest BCUT2D eigenvalue weighted by atomic mass is 10.1. The maximum atomic E-state index is 6.89. The lowest BCUT2D eigenvalue weighted by Gasteiger charge is -2.20. The van der Waals surface area contributed by atoms with E-state index >= 15 is 0 Å². The van der Waals surface area contributed by atoms with Crippen molar-refractivity contribution in [1.29, 1.82) is 0 Å². The largest absolute Gasteiger partial charge is 0.480 e. The van der Waals surface area contributed by atoms with E-state index in [0.29, 0.717) is 5.82 Å². The SMILES string of the molecule is [2H]C([2H])([2H])Oc1ccc(NC(C)(C)C)nn1. The molecule has 4 nitrogen and oxygen atoms in total. The standard InChI is InChI=1S/C9H15N3O/c1-9(2,3)10-7-5-6-8(13-4)12-11-7/h5-6H,1-4H3,(H,10,11)/i4D3. The predicted octanol–water partition coefficient (Wildman–Crippen LogP) is 1.70. The van der Waals surface area contributed by atoms with Gasteiger partial charge in [0.25, 0.3) is 0 Å². The highest BCUT2D eigenvalue weighted by Gasteiger charge is 2.09. The van der Waals surface area contributed by atoms with E-state index in [9.17, 15) is 0 Å². The van der Waals surface area contributed by atoms with Crippen LogP contribution in [0.4, 0.5) is 5.82 Å². The van der Waals surface area contributed by atoms with Gasteiger partial charge < -0.3 is 10.1 Å². The fraction of sp³-hybridized carbons (Fsp3) is 0.556. The molecule has 0 radical (unpaired) electrons. The Hall–Kier alpha value is -1.32. The summed E-state index contributed by atoms with van der Waals surface area (Å²) in [6.45, 7) is 5.96. The molecule has 0 atom stereocenters. The van der Waals surface area contributed by atoms with Crippen LogP contribution in [0.3, 0.4) is 0 Å². The molecular formula is C9H15N3O. The number of nitrogens with zero attached hydrogens (tertiary/aromatic N) is 2. The van der Waals surface area contributed by atoms with E-state index in [1.54, 1.807) is 6.07 Å². The van der Waals surface area contributed by atoms with Crippen LogP contribution in [0.25, 0.3) is 0 Å². The Morgan fingerprint density at radius 1 is 1.38 bits per heavy atom. The highest BCUT2D eigenvalue weighted by atomic mass is 16.5. The highest BCUT2D eigenvalue weighted by Crippen LogP contribution is 2.12. The minimum Gasteiger partial charge on any atom is -0.480 e. The molecule has 0 amide bonds. The number of hydrogen-bond donors (Lipinski definition) is 1. The van der Waals surface area contributed by atoms with E-state index in [0.717, 1.165) is 0 Å². The van der Waals surface area contributed by atoms with Crippen molar-refractivity contribution in [1.82, 2.24) is 10.2 Å². The number of nitrogens with one attached hydrogen (secondary N) is 1. The Balaban J connectivity index is 2.69. The van der Waals surface area contributed by atoms with Gasteiger partial charge in [-0.1, -0.05) is 0 Å². The highest BCUT2D eigenvalue weighted by molar-refractivity contribution is 5.36. The van der Waals surface area contributed by atoms with Crippen LogP contribution in [0.2, 0.25) is 0 Å². The lowest BCUT2D eigenvalue weighted by Crippen LogP contribution is -2.26. The third-order valence-electron chi connectivity index (χ3n) is 1.25. The number of ether oxygens (including phenoxy) is 1. The maximum absolute atomic E-state index is 6.89. The van der Waals surface area contributed by atoms with E-state index < -0.39 is 7.04 Å². The van der Waals surface area contributed by atoms with Crippen LogP contribution in [-0.4, -0.2) is 22.8 Å². The molecule has 1 aromatic rings. The molecule has 0 saturated heterocycles. The second-order valence-corrected chi connectivity index (χ2v) is 3.73. The average molecular weight is 184 g/mol. The van der Waals surface area contributed by atoms with Gasteiger partial charge in [0.15, 0.2) is 0 Å². The van der Waals surface area contributed by atoms with Crippen molar-refractivity contribution in [3.63, 3.8) is 0 Å². The van der Waals surface area contributed by atoms with Crippen LogP contribution in [-0.2, 0) is 0 Å². The van der Waals surface area contributed by atoms with Gasteiger partial charge in [-0.2, -0.15) is 0 Å². The first kappa shape index (κ1) is 6.18. The molecular weight excluding hydrogens is 166 g/mol. The first-order valence-corrected chi connectivity index (χ1v) is 3.97. The summed E-state index contributed by atoms with van der Waals surface area (Å²) in [5.41, 5.74) is -0.124. The van der Waals surface area contributed by atoms with Crippen molar-refractivity contribution in [3.8, 4) is 5.88 Å². The summed E-state index contributed by atoms with van der Waals surface area (Å²) >= 11 is 0. The smallest absolute Gasteiger partial charge is 0.233 e. The summed E-state index contributed by atoms with van der Waals surface area (Å²) in [4.78, 5) is 0. The zero-order valence-electron chi connectivity index (χ0n) is 11.0. The number of hydrogen-bond acceptors (Lipinski definition) is 4. The first-order valence-electron chi connectivity index (χ1n) is 5.47. The summed E-state index contributed by atoms with van der Waals surface area (Å²) in [5, 5.41) is 10.6. The van der Waals surface area contributed by atoms with E-state index in [1.165, 1.54) is 6.07 Å². The minimum atomic E-state index is -2.49. The maximum Gasteiger partial charge on any atom is 0.233 e. The zero-order valence-corrected chi connectivity index (χ0v) is 7.96. The van der Waals surface area contributed by atoms with Gasteiger partial charge in [0.2, 0.25) is 5.88 Å². The van der Waals surface area contributed by atoms with Gasteiger partial charge in [0.05, 0.1) is 11.2 Å². The Bertz CT molecular complexity index is 308. The van der Waals surface area contributed by atoms with Crippen LogP contribution in [0.1, 0.15) is 24.9 Å². The number of anilines is 1. The van der Waals surface area contributed by atoms with Crippen molar-refractivity contribution >= 4 is 5.82 Å².